The largest absolute Gasteiger partial charge is 0.352 e. The number of halogens is 1. The summed E-state index contributed by atoms with van der Waals surface area (Å²) in [5.74, 6) is -0.522. The number of carbonyl (C=O) groups excluding carboxylic acids is 1. The molecule has 0 fully saturated rings. The number of rotatable bonds is 5. The molecule has 2 rings (SSSR count). The van der Waals surface area contributed by atoms with Crippen molar-refractivity contribution in [2.75, 3.05) is 0 Å². The van der Waals surface area contributed by atoms with Crippen molar-refractivity contribution < 1.29 is 9.18 Å². The van der Waals surface area contributed by atoms with Gasteiger partial charge in [0.05, 0.1) is 6.20 Å². The third kappa shape index (κ3) is 4.13. The van der Waals surface area contributed by atoms with Gasteiger partial charge in [-0.2, -0.15) is 5.10 Å². The zero-order valence-corrected chi connectivity index (χ0v) is 12.1. The van der Waals surface area contributed by atoms with Crippen molar-refractivity contribution in [3.8, 4) is 0 Å². The maximum Gasteiger partial charge on any atom is 0.241 e. The van der Waals surface area contributed by atoms with E-state index in [2.05, 4.69) is 10.4 Å². The Morgan fingerprint density at radius 3 is 2.67 bits per heavy atom. The van der Waals surface area contributed by atoms with Crippen molar-refractivity contribution in [2.24, 2.45) is 12.8 Å². The molecular weight excluding hydrogens is 271 g/mol. The Labute approximate surface area is 123 Å². The van der Waals surface area contributed by atoms with Gasteiger partial charge in [0, 0.05) is 24.8 Å². The molecule has 1 heterocycles. The van der Waals surface area contributed by atoms with Crippen LogP contribution in [0.2, 0.25) is 0 Å². The first-order chi connectivity index (χ1) is 9.95. The monoisotopic (exact) mass is 290 g/mol. The van der Waals surface area contributed by atoms with Crippen LogP contribution in [0.5, 0.6) is 0 Å². The van der Waals surface area contributed by atoms with E-state index < -0.39 is 6.04 Å². The van der Waals surface area contributed by atoms with Crippen LogP contribution in [-0.2, 0) is 18.3 Å². The lowest BCUT2D eigenvalue weighted by Gasteiger charge is -2.17. The van der Waals surface area contributed by atoms with Crippen LogP contribution < -0.4 is 11.1 Å². The standard InChI is InChI=1S/C15H19FN4O/c1-10(7-11-3-5-13(16)6-4-11)19-15(21)14(17)12-8-18-20(2)9-12/h3-6,8-10,14H,7,17H2,1-2H3,(H,19,21). The number of carbonyl (C=O) groups is 1. The first-order valence-electron chi connectivity index (χ1n) is 6.74. The van der Waals surface area contributed by atoms with Gasteiger partial charge in [0.2, 0.25) is 5.91 Å². The summed E-state index contributed by atoms with van der Waals surface area (Å²) in [7, 11) is 1.77. The molecule has 1 aromatic carbocycles. The van der Waals surface area contributed by atoms with E-state index in [9.17, 15) is 9.18 Å². The normalized spacial score (nSPS) is 13.7. The van der Waals surface area contributed by atoms with Gasteiger partial charge in [-0.05, 0) is 31.0 Å². The first-order valence-corrected chi connectivity index (χ1v) is 6.74. The molecule has 112 valence electrons. The van der Waals surface area contributed by atoms with Crippen LogP contribution in [-0.4, -0.2) is 21.7 Å². The SMILES string of the molecule is CC(Cc1ccc(F)cc1)NC(=O)C(N)c1cnn(C)c1. The fourth-order valence-electron chi connectivity index (χ4n) is 2.11. The predicted octanol–water partition coefficient (Wildman–Crippen LogP) is 1.31. The Morgan fingerprint density at radius 2 is 2.10 bits per heavy atom. The lowest BCUT2D eigenvalue weighted by Crippen LogP contribution is -2.40. The zero-order valence-electron chi connectivity index (χ0n) is 12.1. The first kappa shape index (κ1) is 15.2. The number of benzene rings is 1. The van der Waals surface area contributed by atoms with E-state index in [4.69, 9.17) is 5.73 Å². The van der Waals surface area contributed by atoms with Crippen molar-refractivity contribution >= 4 is 5.91 Å². The highest BCUT2D eigenvalue weighted by molar-refractivity contribution is 5.83. The molecule has 2 unspecified atom stereocenters. The minimum absolute atomic E-state index is 0.0920. The van der Waals surface area contributed by atoms with Crippen LogP contribution in [0.25, 0.3) is 0 Å². The number of amides is 1. The molecule has 0 aliphatic rings. The van der Waals surface area contributed by atoms with Gasteiger partial charge in [0.15, 0.2) is 0 Å². The molecule has 0 aliphatic heterocycles. The number of hydrogen-bond acceptors (Lipinski definition) is 3. The summed E-state index contributed by atoms with van der Waals surface area (Å²) in [6.07, 6.45) is 3.91. The number of aryl methyl sites for hydroxylation is 1. The molecule has 1 aromatic heterocycles. The van der Waals surface area contributed by atoms with Crippen LogP contribution >= 0.6 is 0 Å². The fourth-order valence-corrected chi connectivity index (χ4v) is 2.11. The van der Waals surface area contributed by atoms with Gasteiger partial charge in [0.25, 0.3) is 0 Å². The van der Waals surface area contributed by atoms with Crippen molar-refractivity contribution in [3.63, 3.8) is 0 Å². The third-order valence-corrected chi connectivity index (χ3v) is 3.21. The average molecular weight is 290 g/mol. The molecule has 2 atom stereocenters. The summed E-state index contributed by atoms with van der Waals surface area (Å²) < 4.78 is 14.4. The Bertz CT molecular complexity index is 608. The predicted molar refractivity (Wildman–Crippen MR) is 77.8 cm³/mol. The summed E-state index contributed by atoms with van der Waals surface area (Å²) in [4.78, 5) is 12.1. The Balaban J connectivity index is 1.91. The summed E-state index contributed by atoms with van der Waals surface area (Å²) >= 11 is 0. The van der Waals surface area contributed by atoms with Crippen LogP contribution in [0.4, 0.5) is 4.39 Å². The highest BCUT2D eigenvalue weighted by atomic mass is 19.1. The summed E-state index contributed by atoms with van der Waals surface area (Å²) in [6.45, 7) is 1.89. The minimum atomic E-state index is -0.741. The molecule has 6 heteroatoms. The lowest BCUT2D eigenvalue weighted by molar-refractivity contribution is -0.123. The van der Waals surface area contributed by atoms with E-state index in [1.54, 1.807) is 36.3 Å². The molecule has 0 bridgehead atoms. The second kappa shape index (κ2) is 6.49. The number of nitrogens with one attached hydrogen (secondary N) is 1. The molecule has 0 aliphatic carbocycles. The molecule has 5 nitrogen and oxygen atoms in total. The van der Waals surface area contributed by atoms with Crippen molar-refractivity contribution in [1.29, 1.82) is 0 Å². The minimum Gasteiger partial charge on any atom is -0.352 e. The summed E-state index contributed by atoms with van der Waals surface area (Å²) in [6, 6.07) is 5.40. The van der Waals surface area contributed by atoms with Crippen molar-refractivity contribution in [3.05, 3.63) is 53.6 Å². The van der Waals surface area contributed by atoms with E-state index in [0.717, 1.165) is 5.56 Å². The lowest BCUT2D eigenvalue weighted by atomic mass is 10.1. The van der Waals surface area contributed by atoms with Gasteiger partial charge in [-0.1, -0.05) is 12.1 Å². The van der Waals surface area contributed by atoms with Gasteiger partial charge >= 0.3 is 0 Å². The van der Waals surface area contributed by atoms with Crippen molar-refractivity contribution in [2.45, 2.75) is 25.4 Å². The van der Waals surface area contributed by atoms with Crippen LogP contribution in [0.1, 0.15) is 24.1 Å². The average Bonchev–Trinajstić information content (AvgIpc) is 2.87. The maximum atomic E-state index is 12.8. The number of hydrogen-bond donors (Lipinski definition) is 2. The molecule has 0 spiro atoms. The summed E-state index contributed by atoms with van der Waals surface area (Å²) in [5, 5.41) is 6.85. The molecular formula is C15H19FN4O. The van der Waals surface area contributed by atoms with E-state index in [1.807, 2.05) is 6.92 Å². The highest BCUT2D eigenvalue weighted by Gasteiger charge is 2.19. The van der Waals surface area contributed by atoms with Gasteiger partial charge in [0.1, 0.15) is 11.9 Å². The topological polar surface area (TPSA) is 72.9 Å². The molecule has 0 saturated carbocycles. The number of aromatic nitrogens is 2. The Hall–Kier alpha value is -2.21. The van der Waals surface area contributed by atoms with Gasteiger partial charge in [-0.15, -0.1) is 0 Å². The molecule has 0 saturated heterocycles. The van der Waals surface area contributed by atoms with Crippen LogP contribution in [0.15, 0.2) is 36.7 Å². The van der Waals surface area contributed by atoms with Gasteiger partial charge in [-0.3, -0.25) is 9.48 Å². The van der Waals surface area contributed by atoms with Crippen molar-refractivity contribution in [1.82, 2.24) is 15.1 Å². The van der Waals surface area contributed by atoms with E-state index in [-0.39, 0.29) is 17.8 Å². The Kier molecular flexibility index (Phi) is 4.70. The quantitative estimate of drug-likeness (QED) is 0.872. The van der Waals surface area contributed by atoms with E-state index in [1.165, 1.54) is 12.1 Å². The molecule has 0 radical (unpaired) electrons. The summed E-state index contributed by atoms with van der Waals surface area (Å²) in [5.41, 5.74) is 7.53. The van der Waals surface area contributed by atoms with E-state index in [0.29, 0.717) is 12.0 Å². The molecule has 3 N–H and O–H groups in total. The van der Waals surface area contributed by atoms with Crippen LogP contribution in [0.3, 0.4) is 0 Å². The smallest absolute Gasteiger partial charge is 0.241 e. The Morgan fingerprint density at radius 1 is 1.43 bits per heavy atom. The van der Waals surface area contributed by atoms with Crippen LogP contribution in [0, 0.1) is 5.82 Å². The van der Waals surface area contributed by atoms with E-state index >= 15 is 0 Å². The third-order valence-electron chi connectivity index (χ3n) is 3.21. The van der Waals surface area contributed by atoms with Gasteiger partial charge in [-0.25, -0.2) is 4.39 Å². The molecule has 21 heavy (non-hydrogen) atoms. The number of nitrogens with zero attached hydrogens (tertiary/aromatic N) is 2. The molecule has 1 amide bonds. The highest BCUT2D eigenvalue weighted by Crippen LogP contribution is 2.10. The number of nitrogens with two attached hydrogens (primary N) is 1. The fraction of sp³-hybridized carbons (Fsp3) is 0.333. The second-order valence-electron chi connectivity index (χ2n) is 5.17. The van der Waals surface area contributed by atoms with Gasteiger partial charge < -0.3 is 11.1 Å². The zero-order chi connectivity index (χ0) is 15.4. The maximum absolute atomic E-state index is 12.8. The molecule has 2 aromatic rings. The second-order valence-corrected chi connectivity index (χ2v) is 5.17.